The van der Waals surface area contributed by atoms with Gasteiger partial charge in [-0.1, -0.05) is 24.3 Å². The number of nitriles is 1. The van der Waals surface area contributed by atoms with Gasteiger partial charge >= 0.3 is 0 Å². The molecule has 0 saturated heterocycles. The fraction of sp³-hybridized carbons (Fsp3) is 0.125. The van der Waals surface area contributed by atoms with E-state index in [1.165, 1.54) is 16.9 Å². The molecule has 22 heavy (non-hydrogen) atoms. The van der Waals surface area contributed by atoms with Gasteiger partial charge in [0.05, 0.1) is 21.9 Å². The molecule has 1 heterocycles. The molecular formula is C16H10BrF2N3. The van der Waals surface area contributed by atoms with Gasteiger partial charge in [-0.25, -0.2) is 8.78 Å². The van der Waals surface area contributed by atoms with Crippen LogP contribution in [0.3, 0.4) is 0 Å². The Labute approximate surface area is 133 Å². The van der Waals surface area contributed by atoms with Crippen LogP contribution in [0.2, 0.25) is 0 Å². The van der Waals surface area contributed by atoms with E-state index in [9.17, 15) is 14.0 Å². The van der Waals surface area contributed by atoms with E-state index in [0.29, 0.717) is 20.9 Å². The van der Waals surface area contributed by atoms with E-state index in [4.69, 9.17) is 0 Å². The standard InChI is InChI=1S/C16H10BrF2N3/c1-22-15(13(17)8-21-22)14-11(16(18)19)6-9-4-2-3-5-10(9)12(14)7-20/h2-6,8,16H,1H3. The van der Waals surface area contributed by atoms with Gasteiger partial charge in [0.15, 0.2) is 0 Å². The number of halogens is 3. The van der Waals surface area contributed by atoms with Gasteiger partial charge in [-0.15, -0.1) is 0 Å². The number of hydrogen-bond donors (Lipinski definition) is 0. The minimum atomic E-state index is -2.69. The molecule has 0 saturated carbocycles. The van der Waals surface area contributed by atoms with Crippen LogP contribution in [0.1, 0.15) is 17.6 Å². The number of aromatic nitrogens is 2. The second kappa shape index (κ2) is 5.50. The highest BCUT2D eigenvalue weighted by Gasteiger charge is 2.24. The van der Waals surface area contributed by atoms with E-state index in [1.54, 1.807) is 31.3 Å². The Balaban J connectivity index is 2.52. The fourth-order valence-electron chi connectivity index (χ4n) is 2.60. The predicted octanol–water partition coefficient (Wildman–Crippen LogP) is 4.81. The van der Waals surface area contributed by atoms with Crippen molar-refractivity contribution in [2.45, 2.75) is 6.43 Å². The molecule has 0 aliphatic carbocycles. The third-order valence-electron chi connectivity index (χ3n) is 3.56. The van der Waals surface area contributed by atoms with Crippen molar-refractivity contribution in [1.82, 2.24) is 9.78 Å². The molecular weight excluding hydrogens is 352 g/mol. The van der Waals surface area contributed by atoms with E-state index in [0.717, 1.165) is 0 Å². The van der Waals surface area contributed by atoms with Gasteiger partial charge in [-0.05, 0) is 27.4 Å². The lowest BCUT2D eigenvalue weighted by Crippen LogP contribution is -2.01. The Morgan fingerprint density at radius 2 is 2.05 bits per heavy atom. The second-order valence-electron chi connectivity index (χ2n) is 4.81. The zero-order valence-electron chi connectivity index (χ0n) is 11.5. The molecule has 0 spiro atoms. The van der Waals surface area contributed by atoms with Gasteiger partial charge in [0, 0.05) is 23.6 Å². The summed E-state index contributed by atoms with van der Waals surface area (Å²) in [7, 11) is 1.66. The SMILES string of the molecule is Cn1ncc(Br)c1-c1c(C(F)F)cc2ccccc2c1C#N. The molecule has 6 heteroatoms. The zero-order valence-corrected chi connectivity index (χ0v) is 13.1. The van der Waals surface area contributed by atoms with Crippen molar-refractivity contribution < 1.29 is 8.78 Å². The lowest BCUT2D eigenvalue weighted by molar-refractivity contribution is 0.152. The van der Waals surface area contributed by atoms with Crippen molar-refractivity contribution >= 4 is 26.7 Å². The van der Waals surface area contributed by atoms with Gasteiger partial charge in [0.2, 0.25) is 0 Å². The van der Waals surface area contributed by atoms with Crippen LogP contribution < -0.4 is 0 Å². The fourth-order valence-corrected chi connectivity index (χ4v) is 3.15. The molecule has 0 unspecified atom stereocenters. The first-order chi connectivity index (χ1) is 10.5. The molecule has 1 aromatic heterocycles. The topological polar surface area (TPSA) is 41.6 Å². The number of hydrogen-bond acceptors (Lipinski definition) is 2. The first kappa shape index (κ1) is 14.7. The number of aryl methyl sites for hydroxylation is 1. The summed E-state index contributed by atoms with van der Waals surface area (Å²) in [6.45, 7) is 0. The highest BCUT2D eigenvalue weighted by molar-refractivity contribution is 9.10. The number of nitrogens with zero attached hydrogens (tertiary/aromatic N) is 3. The highest BCUT2D eigenvalue weighted by atomic mass is 79.9. The van der Waals surface area contributed by atoms with Crippen molar-refractivity contribution in [3.05, 3.63) is 52.1 Å². The Kier molecular flexibility index (Phi) is 3.67. The van der Waals surface area contributed by atoms with Crippen LogP contribution in [0.25, 0.3) is 22.0 Å². The second-order valence-corrected chi connectivity index (χ2v) is 5.67. The van der Waals surface area contributed by atoms with Crippen LogP contribution in [0.15, 0.2) is 41.0 Å². The largest absolute Gasteiger partial charge is 0.267 e. The monoisotopic (exact) mass is 361 g/mol. The summed E-state index contributed by atoms with van der Waals surface area (Å²) < 4.78 is 29.2. The molecule has 0 fully saturated rings. The number of alkyl halides is 2. The maximum Gasteiger partial charge on any atom is 0.264 e. The van der Waals surface area contributed by atoms with Gasteiger partial charge in [-0.2, -0.15) is 10.4 Å². The van der Waals surface area contributed by atoms with Crippen molar-refractivity contribution in [3.63, 3.8) is 0 Å². The molecule has 0 amide bonds. The minimum absolute atomic E-state index is 0.167. The third-order valence-corrected chi connectivity index (χ3v) is 4.14. The van der Waals surface area contributed by atoms with Crippen LogP contribution in [-0.2, 0) is 7.05 Å². The predicted molar refractivity (Wildman–Crippen MR) is 83.5 cm³/mol. The molecule has 0 radical (unpaired) electrons. The number of benzene rings is 2. The summed E-state index contributed by atoms with van der Waals surface area (Å²) in [4.78, 5) is 0. The van der Waals surface area contributed by atoms with E-state index in [1.807, 2.05) is 0 Å². The molecule has 3 nitrogen and oxygen atoms in total. The van der Waals surface area contributed by atoms with Crippen LogP contribution in [0.5, 0.6) is 0 Å². The van der Waals surface area contributed by atoms with E-state index in [2.05, 4.69) is 27.1 Å². The van der Waals surface area contributed by atoms with Gasteiger partial charge in [0.25, 0.3) is 6.43 Å². The minimum Gasteiger partial charge on any atom is -0.267 e. The molecule has 3 rings (SSSR count). The Bertz CT molecular complexity index is 890. The smallest absolute Gasteiger partial charge is 0.264 e. The summed E-state index contributed by atoms with van der Waals surface area (Å²) in [5.41, 5.74) is 0.762. The van der Waals surface area contributed by atoms with Crippen LogP contribution >= 0.6 is 15.9 Å². The maximum atomic E-state index is 13.6. The lowest BCUT2D eigenvalue weighted by Gasteiger charge is -2.14. The molecule has 0 bridgehead atoms. The summed E-state index contributed by atoms with van der Waals surface area (Å²) in [5, 5.41) is 14.9. The third kappa shape index (κ3) is 2.18. The Hall–Kier alpha value is -2.26. The average molecular weight is 362 g/mol. The van der Waals surface area contributed by atoms with Gasteiger partial charge < -0.3 is 0 Å². The summed E-state index contributed by atoms with van der Waals surface area (Å²) in [6.07, 6.45) is -1.16. The molecule has 0 N–H and O–H groups in total. The Morgan fingerprint density at radius 1 is 1.32 bits per heavy atom. The van der Waals surface area contributed by atoms with E-state index < -0.39 is 6.43 Å². The van der Waals surface area contributed by atoms with Crippen molar-refractivity contribution in [1.29, 1.82) is 5.26 Å². The van der Waals surface area contributed by atoms with Crippen molar-refractivity contribution in [2.75, 3.05) is 0 Å². The first-order valence-corrected chi connectivity index (χ1v) is 7.25. The molecule has 2 aromatic carbocycles. The van der Waals surface area contributed by atoms with Gasteiger partial charge in [-0.3, -0.25) is 4.68 Å². The molecule has 0 aliphatic rings. The first-order valence-electron chi connectivity index (χ1n) is 6.46. The zero-order chi connectivity index (χ0) is 15.9. The maximum absolute atomic E-state index is 13.6. The lowest BCUT2D eigenvalue weighted by atomic mass is 9.92. The van der Waals surface area contributed by atoms with Gasteiger partial charge in [0.1, 0.15) is 6.07 Å². The quantitative estimate of drug-likeness (QED) is 0.656. The molecule has 0 atom stereocenters. The van der Waals surface area contributed by atoms with E-state index in [-0.39, 0.29) is 16.7 Å². The summed E-state index contributed by atoms with van der Waals surface area (Å²) in [6, 6.07) is 10.6. The summed E-state index contributed by atoms with van der Waals surface area (Å²) >= 11 is 3.33. The van der Waals surface area contributed by atoms with Crippen LogP contribution in [0, 0.1) is 11.3 Å². The van der Waals surface area contributed by atoms with Crippen LogP contribution in [0.4, 0.5) is 8.78 Å². The summed E-state index contributed by atoms with van der Waals surface area (Å²) in [5.74, 6) is 0. The number of fused-ring (bicyclic) bond motifs is 1. The van der Waals surface area contributed by atoms with Crippen LogP contribution in [-0.4, -0.2) is 9.78 Å². The average Bonchev–Trinajstić information content (AvgIpc) is 2.84. The molecule has 0 aliphatic heterocycles. The Morgan fingerprint density at radius 3 is 2.64 bits per heavy atom. The van der Waals surface area contributed by atoms with Crippen molar-refractivity contribution in [2.24, 2.45) is 7.05 Å². The molecule has 3 aromatic rings. The normalized spacial score (nSPS) is 11.1. The van der Waals surface area contributed by atoms with Crippen molar-refractivity contribution in [3.8, 4) is 17.3 Å². The highest BCUT2D eigenvalue weighted by Crippen LogP contribution is 2.40. The van der Waals surface area contributed by atoms with E-state index >= 15 is 0 Å². The number of rotatable bonds is 2. The molecule has 110 valence electrons.